The van der Waals surface area contributed by atoms with Crippen LogP contribution in [0.4, 0.5) is 0 Å². The molecule has 0 unspecified atom stereocenters. The van der Waals surface area contributed by atoms with Crippen LogP contribution in [0.1, 0.15) is 31.9 Å². The SMILES string of the molecule is COCCc1c(COC)c(=O)oc2cc(O[Si](C)(C)C(C)(C)C)ccc12. The topological polar surface area (TPSA) is 57.9 Å². The quantitative estimate of drug-likeness (QED) is 0.524. The maximum absolute atomic E-state index is 12.4. The van der Waals surface area contributed by atoms with E-state index in [1.165, 1.54) is 0 Å². The van der Waals surface area contributed by atoms with Crippen LogP contribution < -0.4 is 10.1 Å². The highest BCUT2D eigenvalue weighted by Crippen LogP contribution is 2.38. The molecule has 0 spiro atoms. The zero-order valence-electron chi connectivity index (χ0n) is 16.9. The molecule has 6 heteroatoms. The van der Waals surface area contributed by atoms with Gasteiger partial charge in [-0.05, 0) is 42.2 Å². The lowest BCUT2D eigenvalue weighted by atomic mass is 10.0. The average molecular weight is 379 g/mol. The normalized spacial score (nSPS) is 12.6. The van der Waals surface area contributed by atoms with Crippen LogP contribution in [0.25, 0.3) is 11.0 Å². The maximum Gasteiger partial charge on any atom is 0.342 e. The molecular weight excluding hydrogens is 348 g/mol. The monoisotopic (exact) mass is 378 g/mol. The summed E-state index contributed by atoms with van der Waals surface area (Å²) in [7, 11) is 1.25. The Balaban J connectivity index is 2.53. The molecule has 0 aliphatic heterocycles. The first kappa shape index (κ1) is 20.7. The predicted octanol–water partition coefficient (Wildman–Crippen LogP) is 4.51. The molecule has 1 aromatic heterocycles. The average Bonchev–Trinajstić information content (AvgIpc) is 2.53. The predicted molar refractivity (Wildman–Crippen MR) is 107 cm³/mol. The molecule has 144 valence electrons. The minimum atomic E-state index is -1.96. The van der Waals surface area contributed by atoms with Gasteiger partial charge in [-0.1, -0.05) is 20.8 Å². The number of benzene rings is 1. The van der Waals surface area contributed by atoms with Gasteiger partial charge in [0.15, 0.2) is 0 Å². The van der Waals surface area contributed by atoms with Crippen molar-refractivity contribution in [2.45, 2.75) is 51.9 Å². The molecule has 0 aliphatic carbocycles. The van der Waals surface area contributed by atoms with E-state index in [1.54, 1.807) is 14.2 Å². The van der Waals surface area contributed by atoms with Gasteiger partial charge in [0.05, 0.1) is 18.8 Å². The molecule has 2 aromatic rings. The Morgan fingerprint density at radius 3 is 2.35 bits per heavy atom. The molecule has 0 bridgehead atoms. The Labute approximate surface area is 156 Å². The summed E-state index contributed by atoms with van der Waals surface area (Å²) in [5.74, 6) is 0.740. The molecule has 2 rings (SSSR count). The molecule has 0 aliphatic rings. The molecule has 1 heterocycles. The zero-order chi connectivity index (χ0) is 19.5. The first-order valence-corrected chi connectivity index (χ1v) is 11.8. The number of fused-ring (bicyclic) bond motifs is 1. The second kappa shape index (κ2) is 7.94. The van der Waals surface area contributed by atoms with E-state index in [0.29, 0.717) is 24.2 Å². The van der Waals surface area contributed by atoms with Crippen LogP contribution in [-0.2, 0) is 22.5 Å². The third-order valence-electron chi connectivity index (χ3n) is 5.12. The smallest absolute Gasteiger partial charge is 0.342 e. The molecule has 0 saturated heterocycles. The van der Waals surface area contributed by atoms with Crippen molar-refractivity contribution < 1.29 is 18.3 Å². The molecule has 0 radical (unpaired) electrons. The van der Waals surface area contributed by atoms with Crippen LogP contribution in [-0.4, -0.2) is 29.1 Å². The molecule has 5 nitrogen and oxygen atoms in total. The van der Waals surface area contributed by atoms with Gasteiger partial charge in [0.25, 0.3) is 0 Å². The zero-order valence-corrected chi connectivity index (χ0v) is 17.9. The van der Waals surface area contributed by atoms with Crippen molar-refractivity contribution in [3.05, 3.63) is 39.7 Å². The fraction of sp³-hybridized carbons (Fsp3) is 0.550. The summed E-state index contributed by atoms with van der Waals surface area (Å²) < 4.78 is 22.3. The summed E-state index contributed by atoms with van der Waals surface area (Å²) in [6, 6.07) is 5.74. The number of rotatable bonds is 7. The van der Waals surface area contributed by atoms with Gasteiger partial charge < -0.3 is 18.3 Å². The van der Waals surface area contributed by atoms with Gasteiger partial charge in [-0.3, -0.25) is 0 Å². The van der Waals surface area contributed by atoms with Gasteiger partial charge in [-0.2, -0.15) is 0 Å². The first-order valence-electron chi connectivity index (χ1n) is 8.86. The molecule has 0 saturated carbocycles. The number of ether oxygens (including phenoxy) is 2. The minimum Gasteiger partial charge on any atom is -0.543 e. The Bertz CT molecular complexity index is 817. The van der Waals surface area contributed by atoms with E-state index in [9.17, 15) is 4.79 Å². The summed E-state index contributed by atoms with van der Waals surface area (Å²) in [4.78, 5) is 12.4. The summed E-state index contributed by atoms with van der Waals surface area (Å²) in [5.41, 5.74) is 1.64. The van der Waals surface area contributed by atoms with E-state index in [2.05, 4.69) is 33.9 Å². The van der Waals surface area contributed by atoms with Crippen LogP contribution in [0.2, 0.25) is 18.1 Å². The van der Waals surface area contributed by atoms with Crippen LogP contribution in [0.5, 0.6) is 5.75 Å². The molecule has 0 atom stereocenters. The van der Waals surface area contributed by atoms with E-state index >= 15 is 0 Å². The van der Waals surface area contributed by atoms with E-state index in [4.69, 9.17) is 18.3 Å². The van der Waals surface area contributed by atoms with Crippen LogP contribution >= 0.6 is 0 Å². The minimum absolute atomic E-state index is 0.0920. The number of hydrogen-bond acceptors (Lipinski definition) is 5. The van der Waals surface area contributed by atoms with Crippen molar-refractivity contribution in [2.75, 3.05) is 20.8 Å². The Kier molecular flexibility index (Phi) is 6.32. The molecular formula is C20H30O5Si. The van der Waals surface area contributed by atoms with Crippen molar-refractivity contribution >= 4 is 19.3 Å². The van der Waals surface area contributed by atoms with Crippen LogP contribution in [0.3, 0.4) is 0 Å². The fourth-order valence-electron chi connectivity index (χ4n) is 2.57. The maximum atomic E-state index is 12.4. The molecule has 0 N–H and O–H groups in total. The van der Waals surface area contributed by atoms with Crippen LogP contribution in [0, 0.1) is 0 Å². The molecule has 0 fully saturated rings. The summed E-state index contributed by atoms with van der Waals surface area (Å²) >= 11 is 0. The molecule has 0 amide bonds. The molecule has 1 aromatic carbocycles. The van der Waals surface area contributed by atoms with Crippen molar-refractivity contribution in [2.24, 2.45) is 0 Å². The van der Waals surface area contributed by atoms with E-state index in [-0.39, 0.29) is 17.3 Å². The van der Waals surface area contributed by atoms with Gasteiger partial charge in [0.2, 0.25) is 8.32 Å². The highest BCUT2D eigenvalue weighted by Gasteiger charge is 2.39. The van der Waals surface area contributed by atoms with Crippen molar-refractivity contribution in [1.82, 2.24) is 0 Å². The highest BCUT2D eigenvalue weighted by atomic mass is 28.4. The van der Waals surface area contributed by atoms with Crippen molar-refractivity contribution in [3.63, 3.8) is 0 Å². The van der Waals surface area contributed by atoms with E-state index < -0.39 is 8.32 Å². The summed E-state index contributed by atoms with van der Waals surface area (Å²) in [6.45, 7) is 11.7. The highest BCUT2D eigenvalue weighted by molar-refractivity contribution is 6.74. The van der Waals surface area contributed by atoms with Gasteiger partial charge in [-0.25, -0.2) is 4.79 Å². The van der Waals surface area contributed by atoms with Gasteiger partial charge >= 0.3 is 5.63 Å². The van der Waals surface area contributed by atoms with Crippen molar-refractivity contribution in [3.8, 4) is 5.75 Å². The lowest BCUT2D eigenvalue weighted by Gasteiger charge is -2.36. The summed E-state index contributed by atoms with van der Waals surface area (Å²) in [5, 5.41) is 0.991. The van der Waals surface area contributed by atoms with Crippen molar-refractivity contribution in [1.29, 1.82) is 0 Å². The largest absolute Gasteiger partial charge is 0.543 e. The van der Waals surface area contributed by atoms with E-state index in [1.807, 2.05) is 18.2 Å². The number of methoxy groups -OCH3 is 2. The van der Waals surface area contributed by atoms with Crippen LogP contribution in [0.15, 0.2) is 27.4 Å². The first-order chi connectivity index (χ1) is 12.1. The Morgan fingerprint density at radius 2 is 1.77 bits per heavy atom. The lowest BCUT2D eigenvalue weighted by Crippen LogP contribution is -2.43. The lowest BCUT2D eigenvalue weighted by molar-refractivity contribution is 0.178. The van der Waals surface area contributed by atoms with Gasteiger partial charge in [0.1, 0.15) is 11.3 Å². The molecule has 26 heavy (non-hydrogen) atoms. The van der Waals surface area contributed by atoms with Gasteiger partial charge in [-0.15, -0.1) is 0 Å². The Morgan fingerprint density at radius 1 is 1.08 bits per heavy atom. The second-order valence-corrected chi connectivity index (χ2v) is 12.8. The third kappa shape index (κ3) is 4.37. The summed E-state index contributed by atoms with van der Waals surface area (Å²) in [6.07, 6.45) is 0.625. The number of hydrogen-bond donors (Lipinski definition) is 0. The second-order valence-electron chi connectivity index (χ2n) is 8.04. The Hall–Kier alpha value is -1.63. The van der Waals surface area contributed by atoms with Gasteiger partial charge in [0, 0.05) is 25.7 Å². The fourth-order valence-corrected chi connectivity index (χ4v) is 3.60. The van der Waals surface area contributed by atoms with E-state index in [0.717, 1.165) is 16.7 Å². The third-order valence-corrected chi connectivity index (χ3v) is 9.47. The standard InChI is InChI=1S/C20H30O5Si/c1-20(2,3)26(6,7)25-14-8-9-16-15(10-11-22-4)17(13-23-5)19(21)24-18(16)12-14/h8-9,12H,10-11,13H2,1-7H3.